The molecule has 3 nitrogen and oxygen atoms in total. The summed E-state index contributed by atoms with van der Waals surface area (Å²) >= 11 is 0. The van der Waals surface area contributed by atoms with E-state index in [0.29, 0.717) is 11.8 Å². The van der Waals surface area contributed by atoms with E-state index in [2.05, 4.69) is 18.7 Å². The van der Waals surface area contributed by atoms with Gasteiger partial charge in [-0.15, -0.1) is 0 Å². The maximum Gasteiger partial charge on any atom is 0.328 e. The Morgan fingerprint density at radius 2 is 1.74 bits per heavy atom. The van der Waals surface area contributed by atoms with Crippen molar-refractivity contribution in [2.75, 3.05) is 13.1 Å². The summed E-state index contributed by atoms with van der Waals surface area (Å²) < 4.78 is 0. The molecular formula is C16H23NO2. The van der Waals surface area contributed by atoms with Crippen LogP contribution in [0, 0.1) is 11.8 Å². The molecule has 0 bridgehead atoms. The molecule has 19 heavy (non-hydrogen) atoms. The van der Waals surface area contributed by atoms with E-state index >= 15 is 0 Å². The van der Waals surface area contributed by atoms with Gasteiger partial charge in [0.05, 0.1) is 0 Å². The number of nitrogens with zero attached hydrogens (tertiary/aromatic N) is 1. The third-order valence-electron chi connectivity index (χ3n) is 4.25. The van der Waals surface area contributed by atoms with Crippen molar-refractivity contribution in [1.29, 1.82) is 0 Å². The van der Waals surface area contributed by atoms with Gasteiger partial charge in [-0.05, 0) is 30.7 Å². The fraction of sp³-hybridized carbons (Fsp3) is 0.562. The normalized spacial score (nSPS) is 27.7. The highest BCUT2D eigenvalue weighted by atomic mass is 16.4. The molecule has 1 fully saturated rings. The van der Waals surface area contributed by atoms with Crippen molar-refractivity contribution < 1.29 is 9.90 Å². The first-order valence-electron chi connectivity index (χ1n) is 6.98. The van der Waals surface area contributed by atoms with Gasteiger partial charge in [0.15, 0.2) is 0 Å². The minimum absolute atomic E-state index is 0.547. The van der Waals surface area contributed by atoms with Crippen LogP contribution in [0.4, 0.5) is 0 Å². The number of likely N-dealkylation sites (tertiary alicyclic amines) is 1. The quantitative estimate of drug-likeness (QED) is 0.909. The number of carboxylic acids is 1. The van der Waals surface area contributed by atoms with Gasteiger partial charge in [0.25, 0.3) is 0 Å². The average molecular weight is 261 g/mol. The van der Waals surface area contributed by atoms with Crippen molar-refractivity contribution in [3.05, 3.63) is 35.9 Å². The van der Waals surface area contributed by atoms with Crippen LogP contribution in [0.2, 0.25) is 0 Å². The van der Waals surface area contributed by atoms with E-state index in [1.54, 1.807) is 0 Å². The lowest BCUT2D eigenvalue weighted by molar-refractivity contribution is -0.153. The Morgan fingerprint density at radius 1 is 1.21 bits per heavy atom. The molecule has 1 aliphatic heterocycles. The van der Waals surface area contributed by atoms with Crippen molar-refractivity contribution in [2.45, 2.75) is 32.7 Å². The van der Waals surface area contributed by atoms with Crippen LogP contribution in [0.1, 0.15) is 32.8 Å². The number of aliphatic carboxylic acids is 1. The Balaban J connectivity index is 2.37. The first-order valence-corrected chi connectivity index (χ1v) is 6.98. The van der Waals surface area contributed by atoms with E-state index in [1.807, 2.05) is 37.3 Å². The largest absolute Gasteiger partial charge is 0.480 e. The van der Waals surface area contributed by atoms with Crippen molar-refractivity contribution in [3.63, 3.8) is 0 Å². The van der Waals surface area contributed by atoms with Gasteiger partial charge in [-0.25, -0.2) is 4.79 Å². The number of hydrogen-bond acceptors (Lipinski definition) is 2. The predicted octanol–water partition coefficient (Wildman–Crippen LogP) is 2.96. The molecule has 0 spiro atoms. The van der Waals surface area contributed by atoms with E-state index in [-0.39, 0.29) is 0 Å². The molecule has 1 aliphatic rings. The number of rotatable bonds is 3. The molecule has 2 rings (SSSR count). The van der Waals surface area contributed by atoms with Gasteiger partial charge in [-0.1, -0.05) is 44.2 Å². The molecule has 1 saturated heterocycles. The zero-order chi connectivity index (χ0) is 14.0. The van der Waals surface area contributed by atoms with E-state index in [4.69, 9.17) is 0 Å². The lowest BCUT2D eigenvalue weighted by atomic mass is 9.83. The second kappa shape index (κ2) is 5.33. The fourth-order valence-corrected chi connectivity index (χ4v) is 3.23. The summed E-state index contributed by atoms with van der Waals surface area (Å²) in [4.78, 5) is 14.0. The van der Waals surface area contributed by atoms with Gasteiger partial charge in [0, 0.05) is 13.1 Å². The minimum atomic E-state index is -0.926. The zero-order valence-electron chi connectivity index (χ0n) is 12.0. The molecule has 0 radical (unpaired) electrons. The predicted molar refractivity (Wildman–Crippen MR) is 75.9 cm³/mol. The number of benzene rings is 1. The van der Waals surface area contributed by atoms with Crippen LogP contribution in [0.15, 0.2) is 30.3 Å². The molecule has 0 saturated carbocycles. The lowest BCUT2D eigenvalue weighted by Crippen LogP contribution is -2.54. The lowest BCUT2D eigenvalue weighted by Gasteiger charge is -2.44. The van der Waals surface area contributed by atoms with E-state index in [9.17, 15) is 9.90 Å². The van der Waals surface area contributed by atoms with Crippen molar-refractivity contribution in [2.24, 2.45) is 11.8 Å². The van der Waals surface area contributed by atoms with E-state index in [0.717, 1.165) is 18.7 Å². The average Bonchev–Trinajstić information content (AvgIpc) is 2.37. The fourth-order valence-electron chi connectivity index (χ4n) is 3.23. The maximum atomic E-state index is 11.9. The Morgan fingerprint density at radius 3 is 2.21 bits per heavy atom. The molecule has 0 aromatic heterocycles. The van der Waals surface area contributed by atoms with Gasteiger partial charge in [0.2, 0.25) is 0 Å². The molecule has 104 valence electrons. The summed E-state index contributed by atoms with van der Waals surface area (Å²) in [6.45, 7) is 7.94. The molecule has 0 unspecified atom stereocenters. The highest BCUT2D eigenvalue weighted by Crippen LogP contribution is 2.34. The summed E-state index contributed by atoms with van der Waals surface area (Å²) in [6.07, 6.45) is 1.18. The summed E-state index contributed by atoms with van der Waals surface area (Å²) in [6, 6.07) is 9.57. The van der Waals surface area contributed by atoms with Gasteiger partial charge < -0.3 is 5.11 Å². The minimum Gasteiger partial charge on any atom is -0.480 e. The first kappa shape index (κ1) is 14.1. The van der Waals surface area contributed by atoms with Crippen molar-refractivity contribution in [3.8, 4) is 0 Å². The van der Waals surface area contributed by atoms with Crippen LogP contribution in [0.3, 0.4) is 0 Å². The number of hydrogen-bond donors (Lipinski definition) is 1. The highest BCUT2D eigenvalue weighted by Gasteiger charge is 2.43. The van der Waals surface area contributed by atoms with E-state index < -0.39 is 11.5 Å². The Bertz CT molecular complexity index is 435. The molecule has 3 heteroatoms. The number of carboxylic acid groups (broad SMARTS) is 1. The van der Waals surface area contributed by atoms with Crippen molar-refractivity contribution in [1.82, 2.24) is 4.90 Å². The van der Waals surface area contributed by atoms with Crippen LogP contribution in [-0.4, -0.2) is 29.1 Å². The molecule has 1 aromatic carbocycles. The van der Waals surface area contributed by atoms with Crippen LogP contribution >= 0.6 is 0 Å². The van der Waals surface area contributed by atoms with E-state index in [1.165, 1.54) is 6.42 Å². The monoisotopic (exact) mass is 261 g/mol. The summed E-state index contributed by atoms with van der Waals surface area (Å²) in [5.74, 6) is 0.331. The second-order valence-corrected chi connectivity index (χ2v) is 6.09. The van der Waals surface area contributed by atoms with Crippen LogP contribution in [-0.2, 0) is 10.3 Å². The Hall–Kier alpha value is -1.35. The number of carbonyl (C=O) groups is 1. The van der Waals surface area contributed by atoms with Crippen LogP contribution < -0.4 is 0 Å². The molecule has 1 aromatic rings. The topological polar surface area (TPSA) is 40.5 Å². The smallest absolute Gasteiger partial charge is 0.328 e. The molecular weight excluding hydrogens is 238 g/mol. The number of piperidine rings is 1. The Labute approximate surface area is 115 Å². The molecule has 3 atom stereocenters. The summed E-state index contributed by atoms with van der Waals surface area (Å²) in [7, 11) is 0. The second-order valence-electron chi connectivity index (χ2n) is 6.09. The van der Waals surface area contributed by atoms with Gasteiger partial charge in [-0.3, -0.25) is 4.90 Å². The molecule has 0 amide bonds. The summed E-state index contributed by atoms with van der Waals surface area (Å²) in [5, 5.41) is 9.77. The highest BCUT2D eigenvalue weighted by molar-refractivity contribution is 5.80. The summed E-state index contributed by atoms with van der Waals surface area (Å²) in [5.41, 5.74) is -0.0618. The molecule has 1 heterocycles. The van der Waals surface area contributed by atoms with Gasteiger partial charge >= 0.3 is 5.97 Å². The maximum absolute atomic E-state index is 11.9. The first-order chi connectivity index (χ1) is 8.94. The molecule has 0 aliphatic carbocycles. The third-order valence-corrected chi connectivity index (χ3v) is 4.25. The zero-order valence-corrected chi connectivity index (χ0v) is 12.0. The standard InChI is InChI=1S/C16H23NO2/c1-12-9-13(2)11-17(10-12)16(3,15(18)19)14-7-5-4-6-8-14/h4-8,12-13H,9-11H2,1-3H3,(H,18,19)/t12-,13-,16+/m1/s1. The van der Waals surface area contributed by atoms with Gasteiger partial charge in [-0.2, -0.15) is 0 Å². The SMILES string of the molecule is C[C@@H]1C[C@@H](C)CN([C@](C)(C(=O)O)c2ccccc2)C1. The Kier molecular flexibility index (Phi) is 3.95. The van der Waals surface area contributed by atoms with Crippen LogP contribution in [0.25, 0.3) is 0 Å². The van der Waals surface area contributed by atoms with Crippen LogP contribution in [0.5, 0.6) is 0 Å². The molecule has 1 N–H and O–H groups in total. The third kappa shape index (κ3) is 2.66. The van der Waals surface area contributed by atoms with Gasteiger partial charge in [0.1, 0.15) is 5.54 Å². The van der Waals surface area contributed by atoms with Crippen molar-refractivity contribution >= 4 is 5.97 Å².